The first-order valence-corrected chi connectivity index (χ1v) is 7.29. The van der Waals surface area contributed by atoms with Crippen molar-refractivity contribution in [1.29, 1.82) is 0 Å². The van der Waals surface area contributed by atoms with E-state index in [1.807, 2.05) is 30.3 Å². The largest absolute Gasteiger partial charge is 0.481 e. The molecule has 23 heavy (non-hydrogen) atoms. The smallest absolute Gasteiger partial charge is 0.410 e. The summed E-state index contributed by atoms with van der Waals surface area (Å²) in [5.74, 6) is -3.41. The van der Waals surface area contributed by atoms with Crippen LogP contribution in [0, 0.1) is 11.8 Å². The molecule has 0 aromatic heterocycles. The summed E-state index contributed by atoms with van der Waals surface area (Å²) in [6.07, 6.45) is -0.373. The van der Waals surface area contributed by atoms with E-state index in [4.69, 9.17) is 4.74 Å². The fraction of sp³-hybridized carbons (Fsp3) is 0.438. The number of likely N-dealkylation sites (tertiary alicyclic amines) is 1. The van der Waals surface area contributed by atoms with E-state index in [0.29, 0.717) is 0 Å². The lowest BCUT2D eigenvalue weighted by Crippen LogP contribution is -2.49. The molecule has 1 fully saturated rings. The normalized spacial score (nSPS) is 20.7. The Kier molecular flexibility index (Phi) is 5.56. The third kappa shape index (κ3) is 4.21. The summed E-state index contributed by atoms with van der Waals surface area (Å²) in [7, 11) is 1.20. The molecule has 0 spiro atoms. The lowest BCUT2D eigenvalue weighted by molar-refractivity contribution is -0.158. The van der Waals surface area contributed by atoms with Gasteiger partial charge in [0, 0.05) is 13.1 Å². The van der Waals surface area contributed by atoms with Gasteiger partial charge in [0.1, 0.15) is 6.61 Å². The summed E-state index contributed by atoms with van der Waals surface area (Å²) in [5.41, 5.74) is 0.853. The highest BCUT2D eigenvalue weighted by molar-refractivity contribution is 5.82. The third-order valence-corrected chi connectivity index (χ3v) is 3.90. The summed E-state index contributed by atoms with van der Waals surface area (Å²) in [6, 6.07) is 9.22. The van der Waals surface area contributed by atoms with Crippen LogP contribution in [0.3, 0.4) is 0 Å². The number of carbonyl (C=O) groups is 3. The summed E-state index contributed by atoms with van der Waals surface area (Å²) >= 11 is 0. The van der Waals surface area contributed by atoms with E-state index < -0.39 is 29.9 Å². The van der Waals surface area contributed by atoms with Gasteiger partial charge in [0.25, 0.3) is 0 Å². The number of nitrogens with zero attached hydrogens (tertiary/aromatic N) is 1. The van der Waals surface area contributed by atoms with Crippen LogP contribution >= 0.6 is 0 Å². The number of hydrogen-bond acceptors (Lipinski definition) is 5. The number of piperidine rings is 1. The van der Waals surface area contributed by atoms with Crippen LogP contribution in [0.15, 0.2) is 30.3 Å². The number of ether oxygens (including phenoxy) is 2. The molecule has 7 nitrogen and oxygen atoms in total. The zero-order valence-electron chi connectivity index (χ0n) is 12.8. The van der Waals surface area contributed by atoms with E-state index in [9.17, 15) is 19.5 Å². The molecule has 124 valence electrons. The van der Waals surface area contributed by atoms with E-state index in [1.54, 1.807) is 0 Å². The summed E-state index contributed by atoms with van der Waals surface area (Å²) in [4.78, 5) is 36.5. The van der Waals surface area contributed by atoms with Gasteiger partial charge < -0.3 is 19.5 Å². The molecule has 1 heterocycles. The van der Waals surface area contributed by atoms with Crippen LogP contribution in [0.25, 0.3) is 0 Å². The van der Waals surface area contributed by atoms with Crippen LogP contribution in [0.5, 0.6) is 0 Å². The molecule has 2 atom stereocenters. The molecule has 0 aliphatic carbocycles. The monoisotopic (exact) mass is 321 g/mol. The first-order valence-electron chi connectivity index (χ1n) is 7.29. The molecule has 2 unspecified atom stereocenters. The van der Waals surface area contributed by atoms with Crippen LogP contribution in [-0.2, 0) is 25.7 Å². The van der Waals surface area contributed by atoms with Crippen LogP contribution in [0.2, 0.25) is 0 Å². The third-order valence-electron chi connectivity index (χ3n) is 3.90. The van der Waals surface area contributed by atoms with Crippen molar-refractivity contribution in [2.24, 2.45) is 11.8 Å². The molecule has 1 aliphatic heterocycles. The van der Waals surface area contributed by atoms with Crippen molar-refractivity contribution < 1.29 is 29.0 Å². The summed E-state index contributed by atoms with van der Waals surface area (Å²) in [5, 5.41) is 9.19. The van der Waals surface area contributed by atoms with Gasteiger partial charge in [-0.15, -0.1) is 0 Å². The van der Waals surface area contributed by atoms with Gasteiger partial charge in [-0.1, -0.05) is 30.3 Å². The standard InChI is InChI=1S/C16H19NO6/c1-22-15(20)13-9-17(8-7-12(13)14(18)19)16(21)23-10-11-5-3-2-4-6-11/h2-6,12-13H,7-10H2,1H3,(H,18,19). The second kappa shape index (κ2) is 7.62. The second-order valence-electron chi connectivity index (χ2n) is 5.35. The second-order valence-corrected chi connectivity index (χ2v) is 5.35. The number of benzene rings is 1. The van der Waals surface area contributed by atoms with Gasteiger partial charge in [0.2, 0.25) is 0 Å². The summed E-state index contributed by atoms with van der Waals surface area (Å²) < 4.78 is 9.86. The van der Waals surface area contributed by atoms with E-state index in [-0.39, 0.29) is 26.1 Å². The molecule has 0 saturated carbocycles. The maximum absolute atomic E-state index is 12.1. The Morgan fingerprint density at radius 1 is 1.22 bits per heavy atom. The zero-order chi connectivity index (χ0) is 16.8. The molecular weight excluding hydrogens is 302 g/mol. The quantitative estimate of drug-likeness (QED) is 0.845. The average molecular weight is 321 g/mol. The fourth-order valence-corrected chi connectivity index (χ4v) is 2.61. The molecule has 1 N–H and O–H groups in total. The van der Waals surface area contributed by atoms with Gasteiger partial charge in [-0.25, -0.2) is 4.79 Å². The van der Waals surface area contributed by atoms with Crippen molar-refractivity contribution in [3.05, 3.63) is 35.9 Å². The van der Waals surface area contributed by atoms with Crippen molar-refractivity contribution in [1.82, 2.24) is 4.90 Å². The predicted molar refractivity (Wildman–Crippen MR) is 79.4 cm³/mol. The first-order chi connectivity index (χ1) is 11.0. The maximum atomic E-state index is 12.1. The predicted octanol–water partition coefficient (Wildman–Crippen LogP) is 1.52. The highest BCUT2D eigenvalue weighted by Gasteiger charge is 2.41. The highest BCUT2D eigenvalue weighted by Crippen LogP contribution is 2.25. The molecule has 1 amide bonds. The van der Waals surface area contributed by atoms with Gasteiger partial charge >= 0.3 is 18.0 Å². The van der Waals surface area contributed by atoms with Crippen LogP contribution in [0.4, 0.5) is 4.79 Å². The van der Waals surface area contributed by atoms with E-state index >= 15 is 0 Å². The number of rotatable bonds is 4. The van der Waals surface area contributed by atoms with Crippen LogP contribution in [0.1, 0.15) is 12.0 Å². The number of amides is 1. The SMILES string of the molecule is COC(=O)C1CN(C(=O)OCc2ccccc2)CCC1C(=O)O. The van der Waals surface area contributed by atoms with Crippen molar-refractivity contribution in [3.8, 4) is 0 Å². The average Bonchev–Trinajstić information content (AvgIpc) is 2.59. The Morgan fingerprint density at radius 3 is 2.52 bits per heavy atom. The van der Waals surface area contributed by atoms with Crippen molar-refractivity contribution in [2.75, 3.05) is 20.2 Å². The van der Waals surface area contributed by atoms with Gasteiger partial charge in [-0.3, -0.25) is 9.59 Å². The lowest BCUT2D eigenvalue weighted by atomic mass is 9.85. The summed E-state index contributed by atoms with van der Waals surface area (Å²) in [6.45, 7) is 0.344. The highest BCUT2D eigenvalue weighted by atomic mass is 16.6. The van der Waals surface area contributed by atoms with Crippen molar-refractivity contribution >= 4 is 18.0 Å². The van der Waals surface area contributed by atoms with E-state index in [1.165, 1.54) is 12.0 Å². The maximum Gasteiger partial charge on any atom is 0.410 e. The molecule has 0 bridgehead atoms. The molecule has 7 heteroatoms. The molecule has 1 aromatic rings. The Morgan fingerprint density at radius 2 is 1.91 bits per heavy atom. The topological polar surface area (TPSA) is 93.1 Å². The Hall–Kier alpha value is -2.57. The zero-order valence-corrected chi connectivity index (χ0v) is 12.8. The number of esters is 1. The number of methoxy groups -OCH3 is 1. The lowest BCUT2D eigenvalue weighted by Gasteiger charge is -2.34. The number of aliphatic carboxylic acids is 1. The molecule has 1 aliphatic rings. The van der Waals surface area contributed by atoms with Crippen LogP contribution < -0.4 is 0 Å². The van der Waals surface area contributed by atoms with Crippen molar-refractivity contribution in [2.45, 2.75) is 13.0 Å². The van der Waals surface area contributed by atoms with E-state index in [0.717, 1.165) is 5.56 Å². The minimum Gasteiger partial charge on any atom is -0.481 e. The Balaban J connectivity index is 1.96. The Labute approximate surface area is 133 Å². The molecular formula is C16H19NO6. The van der Waals surface area contributed by atoms with E-state index in [2.05, 4.69) is 4.74 Å². The number of carboxylic acids is 1. The van der Waals surface area contributed by atoms with Gasteiger partial charge in [-0.05, 0) is 12.0 Å². The van der Waals surface area contributed by atoms with Gasteiger partial charge in [-0.2, -0.15) is 0 Å². The van der Waals surface area contributed by atoms with Gasteiger partial charge in [0.05, 0.1) is 18.9 Å². The minimum atomic E-state index is -1.06. The number of carbonyl (C=O) groups excluding carboxylic acids is 2. The number of carboxylic acid groups (broad SMARTS) is 1. The molecule has 1 aromatic carbocycles. The molecule has 2 rings (SSSR count). The van der Waals surface area contributed by atoms with Crippen LogP contribution in [-0.4, -0.2) is 48.2 Å². The Bertz CT molecular complexity index is 573. The number of hydrogen-bond donors (Lipinski definition) is 1. The van der Waals surface area contributed by atoms with Crippen molar-refractivity contribution in [3.63, 3.8) is 0 Å². The molecule has 1 saturated heterocycles. The fourth-order valence-electron chi connectivity index (χ4n) is 2.61. The van der Waals surface area contributed by atoms with Gasteiger partial charge in [0.15, 0.2) is 0 Å². The minimum absolute atomic E-state index is 0.0166. The first kappa shape index (κ1) is 16.8. The molecule has 0 radical (unpaired) electrons.